The van der Waals surface area contributed by atoms with Gasteiger partial charge in [-0.15, -0.1) is 10.2 Å². The Labute approximate surface area is 230 Å². The zero-order valence-electron chi connectivity index (χ0n) is 23.4. The highest BCUT2D eigenvalue weighted by Crippen LogP contribution is 2.48. The molecular weight excluding hydrogens is 490 g/mol. The van der Waals surface area contributed by atoms with E-state index >= 15 is 0 Å². The standard InChI is InChI=1S/C30H39N7O2/c1-18(2)11-21-13-22(14-21)27-33-34-28(37(27)23-6-7-23)24-15-36(30(39)35-10-9-31-17-35)16-25(24)29(38)32-26-8-5-19(3)12-20(26)4/h5,8-10,12,17-18,21-25H,6-7,11,13-16H2,1-4H3,(H,32,38)/t21-,22+,24-,25-/m0/s1. The monoisotopic (exact) mass is 529 g/mol. The number of nitrogens with zero attached hydrogens (tertiary/aromatic N) is 6. The molecule has 39 heavy (non-hydrogen) atoms. The summed E-state index contributed by atoms with van der Waals surface area (Å²) in [5.41, 5.74) is 2.98. The van der Waals surface area contributed by atoms with Crippen molar-refractivity contribution < 1.29 is 9.59 Å². The third-order valence-electron chi connectivity index (χ3n) is 8.69. The van der Waals surface area contributed by atoms with Crippen molar-refractivity contribution in [1.82, 2.24) is 29.2 Å². The smallest absolute Gasteiger partial charge is 0.326 e. The van der Waals surface area contributed by atoms with Gasteiger partial charge < -0.3 is 14.8 Å². The first-order valence-corrected chi connectivity index (χ1v) is 14.4. The summed E-state index contributed by atoms with van der Waals surface area (Å²) in [6.07, 6.45) is 10.6. The predicted octanol–water partition coefficient (Wildman–Crippen LogP) is 5.29. The Hall–Kier alpha value is -3.49. The zero-order chi connectivity index (χ0) is 27.3. The van der Waals surface area contributed by atoms with Crippen LogP contribution in [-0.4, -0.2) is 54.2 Å². The van der Waals surface area contributed by atoms with Crippen LogP contribution in [0.1, 0.15) is 86.6 Å². The molecule has 1 aromatic carbocycles. The zero-order valence-corrected chi connectivity index (χ0v) is 23.4. The lowest BCUT2D eigenvalue weighted by atomic mass is 9.71. The number of benzene rings is 1. The minimum Gasteiger partial charge on any atom is -0.326 e. The van der Waals surface area contributed by atoms with Crippen molar-refractivity contribution in [2.45, 2.75) is 77.7 Å². The van der Waals surface area contributed by atoms with Crippen LogP contribution in [-0.2, 0) is 4.79 Å². The summed E-state index contributed by atoms with van der Waals surface area (Å²) in [7, 11) is 0. The highest BCUT2D eigenvalue weighted by molar-refractivity contribution is 5.95. The van der Waals surface area contributed by atoms with E-state index in [2.05, 4.69) is 34.8 Å². The highest BCUT2D eigenvalue weighted by Gasteiger charge is 2.46. The van der Waals surface area contributed by atoms with Crippen LogP contribution in [0, 0.1) is 31.6 Å². The molecule has 0 bridgehead atoms. The average Bonchev–Trinajstić information content (AvgIpc) is 3.25. The first-order chi connectivity index (χ1) is 18.8. The van der Waals surface area contributed by atoms with Crippen molar-refractivity contribution in [2.24, 2.45) is 17.8 Å². The molecule has 2 saturated carbocycles. The predicted molar refractivity (Wildman–Crippen MR) is 149 cm³/mol. The summed E-state index contributed by atoms with van der Waals surface area (Å²) in [6.45, 7) is 9.38. The van der Waals surface area contributed by atoms with Crippen LogP contribution in [0.5, 0.6) is 0 Å². The fourth-order valence-electron chi connectivity index (χ4n) is 6.56. The van der Waals surface area contributed by atoms with Crippen molar-refractivity contribution in [2.75, 3.05) is 18.4 Å². The van der Waals surface area contributed by atoms with Gasteiger partial charge in [-0.25, -0.2) is 9.78 Å². The van der Waals surface area contributed by atoms with Crippen LogP contribution in [0.15, 0.2) is 36.9 Å². The number of carbonyl (C=O) groups is 2. The molecular formula is C30H39N7O2. The van der Waals surface area contributed by atoms with E-state index in [-0.39, 0.29) is 17.9 Å². The molecule has 2 aliphatic carbocycles. The Kier molecular flexibility index (Phi) is 6.77. The first-order valence-electron chi connectivity index (χ1n) is 14.4. The quantitative estimate of drug-likeness (QED) is 0.449. The lowest BCUT2D eigenvalue weighted by Gasteiger charge is -2.36. The Morgan fingerprint density at radius 2 is 1.85 bits per heavy atom. The van der Waals surface area contributed by atoms with Gasteiger partial charge in [0.05, 0.1) is 11.8 Å². The van der Waals surface area contributed by atoms with E-state index in [0.29, 0.717) is 31.0 Å². The van der Waals surface area contributed by atoms with Crippen molar-refractivity contribution in [3.05, 3.63) is 59.7 Å². The molecule has 2 aromatic heterocycles. The highest BCUT2D eigenvalue weighted by atomic mass is 16.2. The third-order valence-corrected chi connectivity index (χ3v) is 8.69. The van der Waals surface area contributed by atoms with Gasteiger partial charge in [0.2, 0.25) is 5.91 Å². The first kappa shape index (κ1) is 25.8. The van der Waals surface area contributed by atoms with Gasteiger partial charge >= 0.3 is 6.03 Å². The fraction of sp³-hybridized carbons (Fsp3) is 0.567. The van der Waals surface area contributed by atoms with Crippen molar-refractivity contribution in [1.29, 1.82) is 0 Å². The molecule has 0 unspecified atom stereocenters. The number of amides is 2. The van der Waals surface area contributed by atoms with Gasteiger partial charge in [0.15, 0.2) is 0 Å². The maximum atomic E-state index is 13.8. The van der Waals surface area contributed by atoms with Gasteiger partial charge in [0, 0.05) is 43.1 Å². The van der Waals surface area contributed by atoms with Crippen molar-refractivity contribution in [3.63, 3.8) is 0 Å². The topological polar surface area (TPSA) is 97.9 Å². The molecule has 2 amide bonds. The molecule has 206 valence electrons. The summed E-state index contributed by atoms with van der Waals surface area (Å²) in [6, 6.07) is 6.25. The largest absolute Gasteiger partial charge is 0.329 e. The third kappa shape index (κ3) is 5.11. The van der Waals surface area contributed by atoms with E-state index in [9.17, 15) is 9.59 Å². The molecule has 3 aliphatic rings. The summed E-state index contributed by atoms with van der Waals surface area (Å²) in [4.78, 5) is 32.9. The van der Waals surface area contributed by atoms with E-state index in [4.69, 9.17) is 10.2 Å². The number of hydrogen-bond acceptors (Lipinski definition) is 5. The van der Waals surface area contributed by atoms with Crippen molar-refractivity contribution >= 4 is 17.6 Å². The molecule has 0 spiro atoms. The van der Waals surface area contributed by atoms with E-state index in [1.54, 1.807) is 17.3 Å². The van der Waals surface area contributed by atoms with Gasteiger partial charge in [-0.1, -0.05) is 31.5 Å². The second kappa shape index (κ2) is 10.2. The van der Waals surface area contributed by atoms with E-state index < -0.39 is 5.92 Å². The van der Waals surface area contributed by atoms with Gasteiger partial charge in [0.25, 0.3) is 0 Å². The van der Waals surface area contributed by atoms with Crippen LogP contribution in [0.4, 0.5) is 10.5 Å². The second-order valence-electron chi connectivity index (χ2n) is 12.4. The molecule has 3 aromatic rings. The Balaban J connectivity index is 1.29. The maximum Gasteiger partial charge on any atom is 0.329 e. The number of likely N-dealkylation sites (tertiary alicyclic amines) is 1. The van der Waals surface area contributed by atoms with Gasteiger partial charge in [-0.3, -0.25) is 9.36 Å². The minimum atomic E-state index is -0.428. The summed E-state index contributed by atoms with van der Waals surface area (Å²) in [5.74, 6) is 3.11. The minimum absolute atomic E-state index is 0.0829. The maximum absolute atomic E-state index is 13.8. The lowest BCUT2D eigenvalue weighted by molar-refractivity contribution is -0.119. The van der Waals surface area contributed by atoms with Crippen LogP contribution < -0.4 is 5.32 Å². The number of carbonyl (C=O) groups excluding carboxylic acids is 2. The Morgan fingerprint density at radius 3 is 2.51 bits per heavy atom. The number of rotatable bonds is 7. The molecule has 3 heterocycles. The molecule has 1 aliphatic heterocycles. The van der Waals surface area contributed by atoms with E-state index in [1.165, 1.54) is 17.3 Å². The molecule has 9 heteroatoms. The molecule has 9 nitrogen and oxygen atoms in total. The SMILES string of the molecule is Cc1ccc(NC(=O)[C@H]2CN(C(=O)n3ccnc3)C[C@@H]2c2nnc([C@H]3C[C@@H](CC(C)C)C3)n2C2CC2)c(C)c1. The number of aryl methyl sites for hydroxylation is 2. The van der Waals surface area contributed by atoms with E-state index in [0.717, 1.165) is 60.1 Å². The van der Waals surface area contributed by atoms with Crippen LogP contribution >= 0.6 is 0 Å². The molecule has 6 rings (SSSR count). The molecule has 0 radical (unpaired) electrons. The summed E-state index contributed by atoms with van der Waals surface area (Å²) >= 11 is 0. The van der Waals surface area contributed by atoms with Gasteiger partial charge in [-0.05, 0) is 69.4 Å². The molecule has 1 N–H and O–H groups in total. The average molecular weight is 530 g/mol. The van der Waals surface area contributed by atoms with E-state index in [1.807, 2.05) is 26.0 Å². The molecule has 1 saturated heterocycles. The Bertz CT molecular complexity index is 1350. The Morgan fingerprint density at radius 1 is 1.08 bits per heavy atom. The number of imidazole rings is 1. The van der Waals surface area contributed by atoms with Gasteiger partial charge in [-0.2, -0.15) is 0 Å². The second-order valence-corrected chi connectivity index (χ2v) is 12.4. The normalized spacial score (nSPS) is 24.7. The number of hydrogen-bond donors (Lipinski definition) is 1. The van der Waals surface area contributed by atoms with Gasteiger partial charge in [0.1, 0.15) is 18.0 Å². The lowest BCUT2D eigenvalue weighted by Crippen LogP contribution is -2.34. The summed E-state index contributed by atoms with van der Waals surface area (Å²) in [5, 5.41) is 12.7. The van der Waals surface area contributed by atoms with Crippen LogP contribution in [0.25, 0.3) is 0 Å². The van der Waals surface area contributed by atoms with Crippen LogP contribution in [0.3, 0.4) is 0 Å². The number of anilines is 1. The fourth-order valence-corrected chi connectivity index (χ4v) is 6.56. The molecule has 3 fully saturated rings. The summed E-state index contributed by atoms with van der Waals surface area (Å²) < 4.78 is 3.82. The van der Waals surface area contributed by atoms with Crippen molar-refractivity contribution in [3.8, 4) is 0 Å². The van der Waals surface area contributed by atoms with Crippen LogP contribution in [0.2, 0.25) is 0 Å². The number of aromatic nitrogens is 5. The number of nitrogens with one attached hydrogen (secondary N) is 1. The molecule has 2 atom stereocenters.